The average Bonchev–Trinajstić information content (AvgIpc) is 2.96. The van der Waals surface area contributed by atoms with E-state index in [2.05, 4.69) is 5.43 Å². The van der Waals surface area contributed by atoms with Gasteiger partial charge in [-0.25, -0.2) is 9.91 Å². The third-order valence-corrected chi connectivity index (χ3v) is 4.87. The number of anilines is 1. The van der Waals surface area contributed by atoms with Crippen molar-refractivity contribution >= 4 is 35.0 Å². The highest BCUT2D eigenvalue weighted by Gasteiger charge is 2.38. The normalized spacial score (nSPS) is 13.1. The van der Waals surface area contributed by atoms with Crippen LogP contribution in [0.1, 0.15) is 44.9 Å². The van der Waals surface area contributed by atoms with Crippen LogP contribution in [0.5, 0.6) is 5.75 Å². The van der Waals surface area contributed by atoms with Crippen LogP contribution in [0, 0.1) is 0 Å². The maximum atomic E-state index is 12.7. The van der Waals surface area contributed by atoms with Crippen molar-refractivity contribution in [3.63, 3.8) is 0 Å². The van der Waals surface area contributed by atoms with E-state index in [1.165, 1.54) is 19.2 Å². The molecule has 1 aliphatic rings. The van der Waals surface area contributed by atoms with Gasteiger partial charge in [0.15, 0.2) is 0 Å². The minimum absolute atomic E-state index is 0.0972. The number of nitrogens with one attached hydrogen (secondary N) is 1. The summed E-state index contributed by atoms with van der Waals surface area (Å²) in [5.41, 5.74) is 3.76. The van der Waals surface area contributed by atoms with E-state index in [0.717, 1.165) is 4.90 Å². The zero-order chi connectivity index (χ0) is 20.4. The number of benzene rings is 2. The molecule has 1 heterocycles. The molecule has 0 unspecified atom stereocenters. The number of hydrogen-bond acceptors (Lipinski definition) is 5. The number of rotatable bonds is 6. The lowest BCUT2D eigenvalue weighted by atomic mass is 10.1. The number of imide groups is 1. The average molecular weight is 402 g/mol. The van der Waals surface area contributed by atoms with E-state index in [4.69, 9.17) is 16.3 Å². The lowest BCUT2D eigenvalue weighted by Gasteiger charge is -2.22. The van der Waals surface area contributed by atoms with Gasteiger partial charge in [-0.3, -0.25) is 19.8 Å². The van der Waals surface area contributed by atoms with Crippen molar-refractivity contribution in [1.29, 1.82) is 0 Å². The summed E-state index contributed by atoms with van der Waals surface area (Å²) in [6.45, 7) is 5.09. The van der Waals surface area contributed by atoms with Gasteiger partial charge in [0.25, 0.3) is 17.7 Å². The van der Waals surface area contributed by atoms with Crippen LogP contribution < -0.4 is 15.1 Å². The molecule has 7 nitrogen and oxygen atoms in total. The van der Waals surface area contributed by atoms with Crippen LogP contribution >= 0.6 is 11.6 Å². The van der Waals surface area contributed by atoms with Crippen LogP contribution in [0.25, 0.3) is 0 Å². The number of carbonyl (C=O) groups is 3. The SMILES string of the molecule is CCN(CC)NC(=O)c1cc(Cl)c(N2C(=O)c3ccccc3C2=O)cc1OC. The summed E-state index contributed by atoms with van der Waals surface area (Å²) in [6, 6.07) is 9.39. The molecule has 28 heavy (non-hydrogen) atoms. The Hall–Kier alpha value is -2.90. The van der Waals surface area contributed by atoms with Gasteiger partial charge in [-0.1, -0.05) is 37.6 Å². The van der Waals surface area contributed by atoms with E-state index >= 15 is 0 Å². The van der Waals surface area contributed by atoms with E-state index < -0.39 is 17.7 Å². The Morgan fingerprint density at radius 1 is 1.11 bits per heavy atom. The van der Waals surface area contributed by atoms with Gasteiger partial charge in [-0.2, -0.15) is 0 Å². The molecule has 0 aromatic heterocycles. The van der Waals surface area contributed by atoms with Crippen molar-refractivity contribution in [2.45, 2.75) is 13.8 Å². The third kappa shape index (κ3) is 3.34. The Balaban J connectivity index is 2.00. The highest BCUT2D eigenvalue weighted by Crippen LogP contribution is 2.37. The Bertz CT molecular complexity index is 921. The van der Waals surface area contributed by atoms with Gasteiger partial charge >= 0.3 is 0 Å². The molecule has 0 aliphatic carbocycles. The molecule has 0 saturated carbocycles. The number of methoxy groups -OCH3 is 1. The number of hydrazine groups is 1. The molecule has 8 heteroatoms. The Morgan fingerprint density at radius 2 is 1.68 bits per heavy atom. The summed E-state index contributed by atoms with van der Waals surface area (Å²) in [5, 5.41) is 1.83. The number of nitrogens with zero attached hydrogens (tertiary/aromatic N) is 2. The highest BCUT2D eigenvalue weighted by molar-refractivity contribution is 6.40. The maximum Gasteiger partial charge on any atom is 0.269 e. The highest BCUT2D eigenvalue weighted by atomic mass is 35.5. The number of halogens is 1. The summed E-state index contributed by atoms with van der Waals surface area (Å²) >= 11 is 6.36. The zero-order valence-electron chi connectivity index (χ0n) is 15.8. The smallest absolute Gasteiger partial charge is 0.269 e. The monoisotopic (exact) mass is 401 g/mol. The molecule has 0 atom stereocenters. The number of amides is 3. The first kappa shape index (κ1) is 19.9. The largest absolute Gasteiger partial charge is 0.496 e. The fourth-order valence-corrected chi connectivity index (χ4v) is 3.30. The molecular weight excluding hydrogens is 382 g/mol. The van der Waals surface area contributed by atoms with Gasteiger partial charge in [0, 0.05) is 19.2 Å². The standard InChI is InChI=1S/C20H20ClN3O4/c1-4-23(5-2)22-18(25)14-10-15(21)16(11-17(14)28-3)24-19(26)12-8-6-7-9-13(12)20(24)27/h6-11H,4-5H2,1-3H3,(H,22,25). The van der Waals surface area contributed by atoms with Crippen LogP contribution in [-0.2, 0) is 0 Å². The zero-order valence-corrected chi connectivity index (χ0v) is 16.5. The van der Waals surface area contributed by atoms with Gasteiger partial charge in [0.05, 0.1) is 34.5 Å². The van der Waals surface area contributed by atoms with Crippen molar-refractivity contribution in [2.24, 2.45) is 0 Å². The van der Waals surface area contributed by atoms with Crippen LogP contribution in [0.15, 0.2) is 36.4 Å². The quantitative estimate of drug-likeness (QED) is 0.594. The number of carbonyl (C=O) groups excluding carboxylic acids is 3. The van der Waals surface area contributed by atoms with E-state index in [1.54, 1.807) is 29.3 Å². The fraction of sp³-hybridized carbons (Fsp3) is 0.250. The summed E-state index contributed by atoms with van der Waals surface area (Å²) in [7, 11) is 1.41. The van der Waals surface area contributed by atoms with Gasteiger partial charge < -0.3 is 4.74 Å². The summed E-state index contributed by atoms with van der Waals surface area (Å²) in [4.78, 5) is 39.0. The van der Waals surface area contributed by atoms with Crippen molar-refractivity contribution in [3.8, 4) is 5.75 Å². The summed E-state index contributed by atoms with van der Waals surface area (Å²) in [5.74, 6) is -1.12. The Labute approximate surface area is 167 Å². The van der Waals surface area contributed by atoms with Crippen molar-refractivity contribution in [2.75, 3.05) is 25.1 Å². The second kappa shape index (κ2) is 8.00. The van der Waals surface area contributed by atoms with E-state index in [0.29, 0.717) is 24.2 Å². The molecule has 2 aromatic rings. The van der Waals surface area contributed by atoms with Crippen LogP contribution in [0.4, 0.5) is 5.69 Å². The first-order valence-electron chi connectivity index (χ1n) is 8.84. The van der Waals surface area contributed by atoms with Crippen LogP contribution in [0.3, 0.4) is 0 Å². The molecule has 0 saturated heterocycles. The van der Waals surface area contributed by atoms with Crippen LogP contribution in [0.2, 0.25) is 5.02 Å². The van der Waals surface area contributed by atoms with Gasteiger partial charge in [0.1, 0.15) is 5.75 Å². The van der Waals surface area contributed by atoms with E-state index in [1.807, 2.05) is 13.8 Å². The molecular formula is C20H20ClN3O4. The Kier molecular flexibility index (Phi) is 5.67. The molecule has 146 valence electrons. The van der Waals surface area contributed by atoms with Crippen molar-refractivity contribution < 1.29 is 19.1 Å². The van der Waals surface area contributed by atoms with Crippen LogP contribution in [-0.4, -0.2) is 42.9 Å². The minimum Gasteiger partial charge on any atom is -0.496 e. The predicted octanol–water partition coefficient (Wildman–Crippen LogP) is 3.14. The number of ether oxygens (including phenoxy) is 1. The third-order valence-electron chi connectivity index (χ3n) is 4.57. The lowest BCUT2D eigenvalue weighted by Crippen LogP contribution is -2.42. The first-order valence-corrected chi connectivity index (χ1v) is 9.21. The first-order chi connectivity index (χ1) is 13.4. The molecule has 0 fully saturated rings. The van der Waals surface area contributed by atoms with Crippen molar-refractivity contribution in [3.05, 3.63) is 58.1 Å². The van der Waals surface area contributed by atoms with Gasteiger partial charge in [-0.05, 0) is 18.2 Å². The van der Waals surface area contributed by atoms with E-state index in [-0.39, 0.29) is 22.0 Å². The molecule has 0 spiro atoms. The molecule has 3 amide bonds. The summed E-state index contributed by atoms with van der Waals surface area (Å²) < 4.78 is 5.33. The van der Waals surface area contributed by atoms with Crippen molar-refractivity contribution in [1.82, 2.24) is 10.4 Å². The predicted molar refractivity (Wildman–Crippen MR) is 106 cm³/mol. The number of hydrogen-bond donors (Lipinski definition) is 1. The topological polar surface area (TPSA) is 79.0 Å². The minimum atomic E-state index is -0.468. The van der Waals surface area contributed by atoms with Gasteiger partial charge in [0.2, 0.25) is 0 Å². The maximum absolute atomic E-state index is 12.7. The second-order valence-electron chi connectivity index (χ2n) is 6.11. The molecule has 0 radical (unpaired) electrons. The molecule has 2 aromatic carbocycles. The second-order valence-corrected chi connectivity index (χ2v) is 6.52. The fourth-order valence-electron chi connectivity index (χ4n) is 3.05. The van der Waals surface area contributed by atoms with E-state index in [9.17, 15) is 14.4 Å². The molecule has 1 aliphatic heterocycles. The Morgan fingerprint density at radius 3 is 2.18 bits per heavy atom. The summed E-state index contributed by atoms with van der Waals surface area (Å²) in [6.07, 6.45) is 0. The van der Waals surface area contributed by atoms with Gasteiger partial charge in [-0.15, -0.1) is 0 Å². The lowest BCUT2D eigenvalue weighted by molar-refractivity contribution is 0.0802. The molecule has 3 rings (SSSR count). The molecule has 0 bridgehead atoms. The molecule has 1 N–H and O–H groups in total. The number of fused-ring (bicyclic) bond motifs is 1.